The predicted octanol–water partition coefficient (Wildman–Crippen LogP) is 1.77. The normalized spacial score (nSPS) is 16.4. The second kappa shape index (κ2) is 4.30. The second-order valence-corrected chi connectivity index (χ2v) is 4.29. The van der Waals surface area contributed by atoms with Gasteiger partial charge in [0.2, 0.25) is 0 Å². The third kappa shape index (κ3) is 1.96. The number of rotatable bonds is 1. The van der Waals surface area contributed by atoms with Crippen LogP contribution in [-0.2, 0) is 4.74 Å². The number of aromatic nitrogens is 2. The van der Waals surface area contributed by atoms with Crippen molar-refractivity contribution in [3.8, 4) is 0 Å². The van der Waals surface area contributed by atoms with Gasteiger partial charge < -0.3 is 9.64 Å². The summed E-state index contributed by atoms with van der Waals surface area (Å²) in [6.45, 7) is 5.59. The Kier molecular flexibility index (Phi) is 2.65. The summed E-state index contributed by atoms with van der Waals surface area (Å²) in [7, 11) is 0. The van der Waals surface area contributed by atoms with E-state index in [-0.39, 0.29) is 0 Å². The number of hydrogen-bond donors (Lipinski definition) is 0. The molecular formula is C13H15N3O. The molecule has 0 amide bonds. The highest BCUT2D eigenvalue weighted by molar-refractivity contribution is 5.82. The molecule has 17 heavy (non-hydrogen) atoms. The lowest BCUT2D eigenvalue weighted by Gasteiger charge is -2.29. The zero-order chi connectivity index (χ0) is 11.7. The van der Waals surface area contributed by atoms with Crippen molar-refractivity contribution in [3.63, 3.8) is 0 Å². The van der Waals surface area contributed by atoms with Crippen molar-refractivity contribution in [2.24, 2.45) is 0 Å². The van der Waals surface area contributed by atoms with Gasteiger partial charge in [0.15, 0.2) is 0 Å². The summed E-state index contributed by atoms with van der Waals surface area (Å²) in [5.41, 5.74) is 4.36. The molecule has 1 aromatic carbocycles. The Balaban J connectivity index is 2.05. The highest BCUT2D eigenvalue weighted by atomic mass is 16.5. The molecular weight excluding hydrogens is 214 g/mol. The van der Waals surface area contributed by atoms with Crippen LogP contribution in [0.5, 0.6) is 0 Å². The smallest absolute Gasteiger partial charge is 0.0917 e. The Morgan fingerprint density at radius 1 is 1.12 bits per heavy atom. The van der Waals surface area contributed by atoms with Gasteiger partial charge in [0.25, 0.3) is 0 Å². The number of nitrogens with zero attached hydrogens (tertiary/aromatic N) is 3. The highest BCUT2D eigenvalue weighted by Gasteiger charge is 2.13. The predicted molar refractivity (Wildman–Crippen MR) is 67.3 cm³/mol. The monoisotopic (exact) mass is 229 g/mol. The fourth-order valence-electron chi connectivity index (χ4n) is 2.23. The topological polar surface area (TPSA) is 38.2 Å². The first-order chi connectivity index (χ1) is 8.34. The minimum Gasteiger partial charge on any atom is -0.378 e. The Hall–Kier alpha value is -1.68. The van der Waals surface area contributed by atoms with Gasteiger partial charge in [-0.3, -0.25) is 9.97 Å². The molecule has 0 bridgehead atoms. The van der Waals surface area contributed by atoms with E-state index in [4.69, 9.17) is 4.74 Å². The van der Waals surface area contributed by atoms with Crippen LogP contribution in [-0.4, -0.2) is 36.3 Å². The number of aryl methyl sites for hydroxylation is 1. The van der Waals surface area contributed by atoms with Gasteiger partial charge >= 0.3 is 0 Å². The lowest BCUT2D eigenvalue weighted by Crippen LogP contribution is -2.36. The summed E-state index contributed by atoms with van der Waals surface area (Å²) >= 11 is 0. The van der Waals surface area contributed by atoms with Gasteiger partial charge in [-0.2, -0.15) is 0 Å². The van der Waals surface area contributed by atoms with Crippen LogP contribution in [0.1, 0.15) is 5.56 Å². The lowest BCUT2D eigenvalue weighted by molar-refractivity contribution is 0.122. The van der Waals surface area contributed by atoms with Crippen molar-refractivity contribution < 1.29 is 4.74 Å². The van der Waals surface area contributed by atoms with E-state index in [2.05, 4.69) is 33.9 Å². The van der Waals surface area contributed by atoms with Crippen LogP contribution < -0.4 is 4.90 Å². The molecule has 0 unspecified atom stereocenters. The minimum atomic E-state index is 0.803. The van der Waals surface area contributed by atoms with Gasteiger partial charge in [-0.15, -0.1) is 0 Å². The first kappa shape index (κ1) is 10.5. The maximum atomic E-state index is 5.37. The van der Waals surface area contributed by atoms with Crippen LogP contribution in [0.15, 0.2) is 24.5 Å². The van der Waals surface area contributed by atoms with Crippen LogP contribution >= 0.6 is 0 Å². The summed E-state index contributed by atoms with van der Waals surface area (Å²) < 4.78 is 5.37. The highest BCUT2D eigenvalue weighted by Crippen LogP contribution is 2.23. The van der Waals surface area contributed by atoms with E-state index in [1.807, 2.05) is 0 Å². The first-order valence-corrected chi connectivity index (χ1v) is 5.89. The minimum absolute atomic E-state index is 0.803. The number of benzene rings is 1. The van der Waals surface area contributed by atoms with Crippen LogP contribution in [0.2, 0.25) is 0 Å². The van der Waals surface area contributed by atoms with E-state index in [0.29, 0.717) is 0 Å². The molecule has 0 N–H and O–H groups in total. The molecule has 1 saturated heterocycles. The molecule has 0 atom stereocenters. The van der Waals surface area contributed by atoms with Crippen molar-refractivity contribution in [3.05, 3.63) is 30.1 Å². The van der Waals surface area contributed by atoms with Crippen molar-refractivity contribution in [2.45, 2.75) is 6.92 Å². The maximum Gasteiger partial charge on any atom is 0.0917 e. The van der Waals surface area contributed by atoms with Crippen molar-refractivity contribution >= 4 is 16.7 Å². The fourth-order valence-corrected chi connectivity index (χ4v) is 2.23. The summed E-state index contributed by atoms with van der Waals surface area (Å²) in [4.78, 5) is 11.1. The summed E-state index contributed by atoms with van der Waals surface area (Å²) in [6.07, 6.45) is 3.48. The van der Waals surface area contributed by atoms with Crippen LogP contribution in [0.25, 0.3) is 11.0 Å². The number of morpholine rings is 1. The van der Waals surface area contributed by atoms with Gasteiger partial charge in [0.05, 0.1) is 24.2 Å². The summed E-state index contributed by atoms with van der Waals surface area (Å²) in [6, 6.07) is 4.29. The summed E-state index contributed by atoms with van der Waals surface area (Å²) in [5.74, 6) is 0. The molecule has 88 valence electrons. The Labute approximate surface area is 100 Å². The van der Waals surface area contributed by atoms with E-state index < -0.39 is 0 Å². The van der Waals surface area contributed by atoms with Crippen LogP contribution in [0.3, 0.4) is 0 Å². The van der Waals surface area contributed by atoms with Gasteiger partial charge in [0, 0.05) is 31.2 Å². The van der Waals surface area contributed by atoms with E-state index in [0.717, 1.165) is 37.3 Å². The molecule has 1 fully saturated rings. The lowest BCUT2D eigenvalue weighted by atomic mass is 10.1. The van der Waals surface area contributed by atoms with E-state index in [1.165, 1.54) is 11.3 Å². The molecule has 1 aliphatic heterocycles. The zero-order valence-electron chi connectivity index (χ0n) is 9.89. The molecule has 0 saturated carbocycles. The number of fused-ring (bicyclic) bond motifs is 1. The summed E-state index contributed by atoms with van der Waals surface area (Å²) in [5, 5.41) is 0. The Morgan fingerprint density at radius 2 is 1.88 bits per heavy atom. The third-order valence-corrected chi connectivity index (χ3v) is 3.13. The van der Waals surface area contributed by atoms with Crippen molar-refractivity contribution in [1.82, 2.24) is 9.97 Å². The molecule has 2 aromatic rings. The number of hydrogen-bond acceptors (Lipinski definition) is 4. The molecule has 4 nitrogen and oxygen atoms in total. The average Bonchev–Trinajstić information content (AvgIpc) is 2.40. The second-order valence-electron chi connectivity index (χ2n) is 4.29. The van der Waals surface area contributed by atoms with Crippen molar-refractivity contribution in [1.29, 1.82) is 0 Å². The van der Waals surface area contributed by atoms with E-state index >= 15 is 0 Å². The fraction of sp³-hybridized carbons (Fsp3) is 0.385. The van der Waals surface area contributed by atoms with E-state index in [1.54, 1.807) is 12.4 Å². The van der Waals surface area contributed by atoms with Gasteiger partial charge in [-0.25, -0.2) is 0 Å². The van der Waals surface area contributed by atoms with Gasteiger partial charge in [-0.1, -0.05) is 0 Å². The maximum absolute atomic E-state index is 5.37. The number of ether oxygens (including phenoxy) is 1. The molecule has 1 aliphatic rings. The molecule has 0 aliphatic carbocycles. The Bertz CT molecular complexity index is 535. The molecule has 1 aromatic heterocycles. The zero-order valence-corrected chi connectivity index (χ0v) is 9.89. The standard InChI is InChI=1S/C13H15N3O/c1-10-8-11(16-4-6-17-7-5-16)9-12-13(10)15-3-2-14-12/h2-3,8-9H,4-7H2,1H3. The van der Waals surface area contributed by atoms with Crippen LogP contribution in [0, 0.1) is 6.92 Å². The van der Waals surface area contributed by atoms with Gasteiger partial charge in [-0.05, 0) is 24.6 Å². The number of anilines is 1. The largest absolute Gasteiger partial charge is 0.378 e. The van der Waals surface area contributed by atoms with Crippen molar-refractivity contribution in [2.75, 3.05) is 31.2 Å². The first-order valence-electron chi connectivity index (χ1n) is 5.89. The molecule has 0 spiro atoms. The van der Waals surface area contributed by atoms with E-state index in [9.17, 15) is 0 Å². The molecule has 3 rings (SSSR count). The van der Waals surface area contributed by atoms with Crippen LogP contribution in [0.4, 0.5) is 5.69 Å². The Morgan fingerprint density at radius 3 is 2.71 bits per heavy atom. The van der Waals surface area contributed by atoms with Gasteiger partial charge in [0.1, 0.15) is 0 Å². The molecule has 0 radical (unpaired) electrons. The third-order valence-electron chi connectivity index (χ3n) is 3.13. The quantitative estimate of drug-likeness (QED) is 0.747. The molecule has 2 heterocycles. The SMILES string of the molecule is Cc1cc(N2CCOCC2)cc2nccnc12. The average molecular weight is 229 g/mol. The molecule has 4 heteroatoms.